The normalized spacial score (nSPS) is 26.2. The first-order chi connectivity index (χ1) is 8.32. The van der Waals surface area contributed by atoms with Crippen LogP contribution in [0, 0.1) is 11.3 Å². The third kappa shape index (κ3) is 3.09. The van der Waals surface area contributed by atoms with Gasteiger partial charge in [0.1, 0.15) is 12.4 Å². The first-order valence-electron chi connectivity index (χ1n) is 6.25. The smallest absolute Gasteiger partial charge is 0.252 e. The maximum Gasteiger partial charge on any atom is 0.252 e. The summed E-state index contributed by atoms with van der Waals surface area (Å²) in [5.74, 6) is -0.332. The molecule has 2 unspecified atom stereocenters. The van der Waals surface area contributed by atoms with Crippen molar-refractivity contribution in [2.75, 3.05) is 20.3 Å². The lowest BCUT2D eigenvalue weighted by Crippen LogP contribution is -2.48. The predicted octanol–water partition coefficient (Wildman–Crippen LogP) is 0.456. The number of aldehydes is 1. The molecule has 1 N–H and O–H groups in total. The van der Waals surface area contributed by atoms with Crippen molar-refractivity contribution in [2.24, 2.45) is 11.3 Å². The van der Waals surface area contributed by atoms with Gasteiger partial charge < -0.3 is 19.5 Å². The zero-order chi connectivity index (χ0) is 13.9. The van der Waals surface area contributed by atoms with Gasteiger partial charge in [0.15, 0.2) is 0 Å². The van der Waals surface area contributed by atoms with E-state index in [1.807, 2.05) is 0 Å². The van der Waals surface area contributed by atoms with E-state index in [9.17, 15) is 14.7 Å². The van der Waals surface area contributed by atoms with Crippen LogP contribution in [0.15, 0.2) is 0 Å². The largest absolute Gasteiger partial charge is 0.384 e. The Bertz CT molecular complexity index is 311. The summed E-state index contributed by atoms with van der Waals surface area (Å²) in [6, 6.07) is -0.477. The summed E-state index contributed by atoms with van der Waals surface area (Å²) < 4.78 is 5.05. The van der Waals surface area contributed by atoms with Crippen LogP contribution in [0.3, 0.4) is 0 Å². The topological polar surface area (TPSA) is 66.8 Å². The molecule has 104 valence electrons. The maximum atomic E-state index is 12.2. The quantitative estimate of drug-likeness (QED) is 0.743. The number of nitrogens with zero attached hydrogens (tertiary/aromatic N) is 1. The highest BCUT2D eigenvalue weighted by molar-refractivity contribution is 5.84. The van der Waals surface area contributed by atoms with Crippen LogP contribution in [0.1, 0.15) is 27.2 Å². The molecule has 1 rings (SSSR count). The molecule has 18 heavy (non-hydrogen) atoms. The fraction of sp³-hybridized carbons (Fsp3) is 0.846. The molecule has 5 heteroatoms. The Kier molecular flexibility index (Phi) is 4.87. The minimum Gasteiger partial charge on any atom is -0.384 e. The lowest BCUT2D eigenvalue weighted by Gasteiger charge is -2.31. The van der Waals surface area contributed by atoms with Crippen LogP contribution in [-0.2, 0) is 14.3 Å². The van der Waals surface area contributed by atoms with Crippen LogP contribution < -0.4 is 0 Å². The van der Waals surface area contributed by atoms with Crippen LogP contribution in [0.25, 0.3) is 0 Å². The van der Waals surface area contributed by atoms with Crippen molar-refractivity contribution < 1.29 is 19.4 Å². The highest BCUT2D eigenvalue weighted by Gasteiger charge is 2.41. The van der Waals surface area contributed by atoms with Gasteiger partial charge in [-0.25, -0.2) is 0 Å². The second-order valence-corrected chi connectivity index (χ2v) is 5.93. The van der Waals surface area contributed by atoms with Crippen LogP contribution in [0.4, 0.5) is 0 Å². The molecule has 1 aliphatic heterocycles. The van der Waals surface area contributed by atoms with Crippen LogP contribution in [0.2, 0.25) is 0 Å². The molecule has 3 atom stereocenters. The van der Waals surface area contributed by atoms with E-state index in [-0.39, 0.29) is 11.8 Å². The van der Waals surface area contributed by atoms with Gasteiger partial charge in [-0.15, -0.1) is 0 Å². The SMILES string of the molecule is COCC1CCN(C(=O)[C@@H](O)C(C)(C)C)C1C=O. The van der Waals surface area contributed by atoms with E-state index in [1.165, 1.54) is 4.90 Å². The number of carbonyl (C=O) groups excluding carboxylic acids is 2. The third-order valence-corrected chi connectivity index (χ3v) is 3.44. The molecule has 1 fully saturated rings. The van der Waals surface area contributed by atoms with Gasteiger partial charge in [-0.05, 0) is 11.8 Å². The van der Waals surface area contributed by atoms with Crippen LogP contribution in [0.5, 0.6) is 0 Å². The summed E-state index contributed by atoms with van der Waals surface area (Å²) in [7, 11) is 1.58. The minimum absolute atomic E-state index is 0.0311. The van der Waals surface area contributed by atoms with Crippen molar-refractivity contribution in [1.82, 2.24) is 4.90 Å². The zero-order valence-electron chi connectivity index (χ0n) is 11.5. The highest BCUT2D eigenvalue weighted by Crippen LogP contribution is 2.28. The van der Waals surface area contributed by atoms with Crippen molar-refractivity contribution in [2.45, 2.75) is 39.3 Å². The molecule has 0 aromatic carbocycles. The Labute approximate surface area is 108 Å². The molecule has 0 spiro atoms. The molecular weight excluding hydrogens is 234 g/mol. The lowest BCUT2D eigenvalue weighted by atomic mass is 9.88. The van der Waals surface area contributed by atoms with Gasteiger partial charge in [-0.1, -0.05) is 20.8 Å². The molecule has 1 amide bonds. The molecule has 0 bridgehead atoms. The predicted molar refractivity (Wildman–Crippen MR) is 67.0 cm³/mol. The standard InChI is InChI=1S/C13H23NO4/c1-13(2,3)11(16)12(17)14-6-5-9(8-18-4)10(14)7-15/h7,9-11,16H,5-6,8H2,1-4H3/t9?,10?,11-/m1/s1. The second-order valence-electron chi connectivity index (χ2n) is 5.93. The number of ether oxygens (including phenoxy) is 1. The Morgan fingerprint density at radius 1 is 1.56 bits per heavy atom. The van der Waals surface area contributed by atoms with E-state index in [1.54, 1.807) is 27.9 Å². The van der Waals surface area contributed by atoms with Crippen molar-refractivity contribution in [3.8, 4) is 0 Å². The Morgan fingerprint density at radius 3 is 2.61 bits per heavy atom. The van der Waals surface area contributed by atoms with E-state index in [4.69, 9.17) is 4.74 Å². The number of amides is 1. The Hall–Kier alpha value is -0.940. The number of likely N-dealkylation sites (tertiary alicyclic amines) is 1. The molecule has 0 aliphatic carbocycles. The fourth-order valence-corrected chi connectivity index (χ4v) is 2.24. The third-order valence-electron chi connectivity index (χ3n) is 3.44. The molecule has 5 nitrogen and oxygen atoms in total. The first-order valence-corrected chi connectivity index (χ1v) is 6.25. The van der Waals surface area contributed by atoms with E-state index < -0.39 is 17.6 Å². The van der Waals surface area contributed by atoms with Crippen LogP contribution in [-0.4, -0.2) is 54.6 Å². The Morgan fingerprint density at radius 2 is 2.17 bits per heavy atom. The van der Waals surface area contributed by atoms with Crippen molar-refractivity contribution in [1.29, 1.82) is 0 Å². The van der Waals surface area contributed by atoms with Gasteiger partial charge in [0.05, 0.1) is 12.6 Å². The molecule has 1 aliphatic rings. The highest BCUT2D eigenvalue weighted by atomic mass is 16.5. The summed E-state index contributed by atoms with van der Waals surface area (Å²) >= 11 is 0. The fourth-order valence-electron chi connectivity index (χ4n) is 2.24. The summed E-state index contributed by atoms with van der Waals surface area (Å²) in [6.45, 7) is 6.36. The number of aliphatic hydroxyl groups is 1. The van der Waals surface area contributed by atoms with Gasteiger partial charge >= 0.3 is 0 Å². The monoisotopic (exact) mass is 257 g/mol. The number of rotatable bonds is 4. The molecule has 0 radical (unpaired) electrons. The summed E-state index contributed by atoms with van der Waals surface area (Å²) in [5.41, 5.74) is -0.524. The van der Waals surface area contributed by atoms with Gasteiger partial charge in [0, 0.05) is 19.6 Å². The molecule has 0 saturated carbocycles. The van der Waals surface area contributed by atoms with Crippen LogP contribution >= 0.6 is 0 Å². The van der Waals surface area contributed by atoms with Gasteiger partial charge in [0.2, 0.25) is 0 Å². The minimum atomic E-state index is -1.08. The second kappa shape index (κ2) is 5.80. The van der Waals surface area contributed by atoms with Crippen molar-refractivity contribution in [3.05, 3.63) is 0 Å². The van der Waals surface area contributed by atoms with Crippen molar-refractivity contribution >= 4 is 12.2 Å². The number of hydrogen-bond donors (Lipinski definition) is 1. The summed E-state index contributed by atoms with van der Waals surface area (Å²) in [6.07, 6.45) is 0.435. The molecule has 1 saturated heterocycles. The van der Waals surface area contributed by atoms with Crippen molar-refractivity contribution in [3.63, 3.8) is 0 Å². The van der Waals surface area contributed by atoms with Gasteiger partial charge in [-0.3, -0.25) is 4.79 Å². The number of hydrogen-bond acceptors (Lipinski definition) is 4. The van der Waals surface area contributed by atoms with E-state index in [2.05, 4.69) is 0 Å². The molecule has 1 heterocycles. The van der Waals surface area contributed by atoms with E-state index >= 15 is 0 Å². The Balaban J connectivity index is 2.78. The number of carbonyl (C=O) groups is 2. The van der Waals surface area contributed by atoms with E-state index in [0.29, 0.717) is 13.2 Å². The zero-order valence-corrected chi connectivity index (χ0v) is 11.5. The van der Waals surface area contributed by atoms with Gasteiger partial charge in [0.25, 0.3) is 5.91 Å². The molecular formula is C13H23NO4. The van der Waals surface area contributed by atoms with E-state index in [0.717, 1.165) is 12.7 Å². The molecule has 0 aromatic rings. The average molecular weight is 257 g/mol. The maximum absolute atomic E-state index is 12.2. The number of aliphatic hydroxyl groups excluding tert-OH is 1. The summed E-state index contributed by atoms with van der Waals surface area (Å²) in [4.78, 5) is 24.8. The molecule has 0 aromatic heterocycles. The lowest BCUT2D eigenvalue weighted by molar-refractivity contribution is -0.148. The first kappa shape index (κ1) is 15.1. The van der Waals surface area contributed by atoms with Gasteiger partial charge in [-0.2, -0.15) is 0 Å². The number of methoxy groups -OCH3 is 1. The summed E-state index contributed by atoms with van der Waals surface area (Å²) in [5, 5.41) is 10.0. The average Bonchev–Trinajstić information content (AvgIpc) is 2.69.